The van der Waals surface area contributed by atoms with Gasteiger partial charge in [-0.3, -0.25) is 4.79 Å². The van der Waals surface area contributed by atoms with E-state index in [-0.39, 0.29) is 17.6 Å². The highest BCUT2D eigenvalue weighted by molar-refractivity contribution is 5.75. The topological polar surface area (TPSA) is 73.2 Å². The number of aromatic nitrogens is 1. The van der Waals surface area contributed by atoms with E-state index in [1.807, 2.05) is 11.8 Å². The Morgan fingerprint density at radius 3 is 2.76 bits per heavy atom. The van der Waals surface area contributed by atoms with Gasteiger partial charge in [-0.1, -0.05) is 18.2 Å². The van der Waals surface area contributed by atoms with Crippen molar-refractivity contribution in [2.45, 2.75) is 31.9 Å². The lowest BCUT2D eigenvalue weighted by molar-refractivity contribution is -0.102. The van der Waals surface area contributed by atoms with Crippen LogP contribution in [0.5, 0.6) is 5.88 Å². The quantitative estimate of drug-likeness (QED) is 0.710. The fraction of sp³-hybridized carbons (Fsp3) is 0.520. The van der Waals surface area contributed by atoms with Gasteiger partial charge in [0.25, 0.3) is 0 Å². The van der Waals surface area contributed by atoms with E-state index in [1.54, 1.807) is 25.1 Å². The predicted molar refractivity (Wildman–Crippen MR) is 124 cm³/mol. The number of nitrogens with zero attached hydrogens (tertiary/aromatic N) is 3. The molecule has 0 unspecified atom stereocenters. The zero-order valence-corrected chi connectivity index (χ0v) is 19.5. The molecule has 8 heteroatoms. The highest BCUT2D eigenvalue weighted by Crippen LogP contribution is 2.37. The van der Waals surface area contributed by atoms with Crippen molar-refractivity contribution >= 4 is 6.03 Å². The number of pyridine rings is 1. The van der Waals surface area contributed by atoms with Gasteiger partial charge in [0.2, 0.25) is 0 Å². The minimum Gasteiger partial charge on any atom is -0.476 e. The van der Waals surface area contributed by atoms with Gasteiger partial charge in [0.1, 0.15) is 12.7 Å². The number of aryl methyl sites for hydroxylation is 1. The van der Waals surface area contributed by atoms with Crippen molar-refractivity contribution in [2.24, 2.45) is 0 Å². The Morgan fingerprint density at radius 2 is 2.03 bits per heavy atom. The zero-order valence-electron chi connectivity index (χ0n) is 19.5. The van der Waals surface area contributed by atoms with Crippen molar-refractivity contribution < 1.29 is 19.0 Å². The van der Waals surface area contributed by atoms with Crippen LogP contribution in [0.15, 0.2) is 29.1 Å². The maximum atomic E-state index is 12.8. The maximum Gasteiger partial charge on any atom is 0.319 e. The molecule has 2 fully saturated rings. The highest BCUT2D eigenvalue weighted by atomic mass is 16.6. The standard InChI is InChI=1S/C25H31N3O5/c1-16-22(29)11-23(33-15-20-14-31-8-9-32-20)28-7-6-18-10-17(4-5-21(18)24(16)28)19-12-27(13-19)25(30)26(2)3/h4-5,10-11,19-20H,6-9,12-15H2,1-3H3/t20-/m0/s1. The summed E-state index contributed by atoms with van der Waals surface area (Å²) in [5.41, 5.74) is 5.23. The van der Waals surface area contributed by atoms with Crippen molar-refractivity contribution in [1.29, 1.82) is 0 Å². The Morgan fingerprint density at radius 1 is 1.21 bits per heavy atom. The average Bonchev–Trinajstić information content (AvgIpc) is 2.79. The van der Waals surface area contributed by atoms with Crippen LogP contribution >= 0.6 is 0 Å². The van der Waals surface area contributed by atoms with Crippen LogP contribution in [-0.2, 0) is 22.4 Å². The molecular formula is C25H31N3O5. The number of fused-ring (bicyclic) bond motifs is 3. The number of carbonyl (C=O) groups excluding carboxylic acids is 1. The number of ether oxygens (including phenoxy) is 3. The molecule has 2 amide bonds. The van der Waals surface area contributed by atoms with E-state index in [0.717, 1.165) is 42.9 Å². The molecule has 2 aromatic rings. The van der Waals surface area contributed by atoms with Crippen molar-refractivity contribution in [1.82, 2.24) is 14.4 Å². The van der Waals surface area contributed by atoms with Crippen LogP contribution in [0.4, 0.5) is 4.79 Å². The first-order valence-electron chi connectivity index (χ1n) is 11.6. The Hall–Kier alpha value is -2.84. The summed E-state index contributed by atoms with van der Waals surface area (Å²) in [4.78, 5) is 28.4. The molecule has 2 saturated heterocycles. The number of rotatable bonds is 4. The second-order valence-electron chi connectivity index (χ2n) is 9.30. The minimum atomic E-state index is -0.119. The van der Waals surface area contributed by atoms with Gasteiger partial charge in [0.05, 0.1) is 25.5 Å². The molecule has 1 aromatic heterocycles. The smallest absolute Gasteiger partial charge is 0.319 e. The Kier molecular flexibility index (Phi) is 5.88. The summed E-state index contributed by atoms with van der Waals surface area (Å²) >= 11 is 0. The number of likely N-dealkylation sites (tertiary alicyclic amines) is 1. The lowest BCUT2D eigenvalue weighted by atomic mass is 9.86. The molecule has 0 N–H and O–H groups in total. The van der Waals surface area contributed by atoms with Crippen LogP contribution in [0.25, 0.3) is 11.3 Å². The monoisotopic (exact) mass is 453 g/mol. The Bertz CT molecular complexity index is 1110. The first kappa shape index (κ1) is 22.0. The van der Waals surface area contributed by atoms with E-state index >= 15 is 0 Å². The average molecular weight is 454 g/mol. The van der Waals surface area contributed by atoms with Crippen molar-refractivity contribution in [3.63, 3.8) is 0 Å². The fourth-order valence-corrected chi connectivity index (χ4v) is 4.89. The summed E-state index contributed by atoms with van der Waals surface area (Å²) in [6, 6.07) is 8.17. The summed E-state index contributed by atoms with van der Waals surface area (Å²) in [5, 5.41) is 0. The maximum absolute atomic E-state index is 12.8. The van der Waals surface area contributed by atoms with Gasteiger partial charge >= 0.3 is 6.03 Å². The number of benzene rings is 1. The number of urea groups is 1. The molecule has 0 saturated carbocycles. The fourth-order valence-electron chi connectivity index (χ4n) is 4.89. The minimum absolute atomic E-state index is 0.0224. The predicted octanol–water partition coefficient (Wildman–Crippen LogP) is 2.25. The number of hydrogen-bond acceptors (Lipinski definition) is 5. The third-order valence-corrected chi connectivity index (χ3v) is 6.81. The Labute approximate surface area is 193 Å². The molecule has 4 heterocycles. The van der Waals surface area contributed by atoms with Crippen molar-refractivity contribution in [2.75, 3.05) is 53.6 Å². The molecule has 176 valence electrons. The summed E-state index contributed by atoms with van der Waals surface area (Å²) in [6.45, 7) is 6.17. The lowest BCUT2D eigenvalue weighted by Gasteiger charge is -2.41. The molecular weight excluding hydrogens is 422 g/mol. The van der Waals surface area contributed by atoms with E-state index in [2.05, 4.69) is 22.8 Å². The van der Waals surface area contributed by atoms with Crippen LogP contribution in [0.2, 0.25) is 0 Å². The van der Waals surface area contributed by atoms with Crippen LogP contribution in [0, 0.1) is 6.92 Å². The van der Waals surface area contributed by atoms with Gasteiger partial charge in [-0.15, -0.1) is 0 Å². The van der Waals surface area contributed by atoms with Gasteiger partial charge < -0.3 is 28.6 Å². The van der Waals surface area contributed by atoms with Crippen molar-refractivity contribution in [3.8, 4) is 17.1 Å². The second-order valence-corrected chi connectivity index (χ2v) is 9.30. The highest BCUT2D eigenvalue weighted by Gasteiger charge is 2.33. The van der Waals surface area contributed by atoms with Crippen LogP contribution in [-0.4, -0.2) is 80.1 Å². The Balaban J connectivity index is 1.38. The third-order valence-electron chi connectivity index (χ3n) is 6.81. The van der Waals surface area contributed by atoms with E-state index in [9.17, 15) is 9.59 Å². The van der Waals surface area contributed by atoms with Crippen LogP contribution in [0.1, 0.15) is 22.6 Å². The van der Waals surface area contributed by atoms with Gasteiger partial charge in [0, 0.05) is 56.8 Å². The lowest BCUT2D eigenvalue weighted by Crippen LogP contribution is -2.52. The molecule has 0 spiro atoms. The van der Waals surface area contributed by atoms with Gasteiger partial charge in [0.15, 0.2) is 11.3 Å². The first-order valence-corrected chi connectivity index (χ1v) is 11.6. The van der Waals surface area contributed by atoms with Gasteiger partial charge in [-0.2, -0.15) is 0 Å². The summed E-state index contributed by atoms with van der Waals surface area (Å²) in [5.74, 6) is 0.943. The van der Waals surface area contributed by atoms with E-state index in [4.69, 9.17) is 14.2 Å². The van der Waals surface area contributed by atoms with Gasteiger partial charge in [-0.25, -0.2) is 4.79 Å². The molecule has 0 aliphatic carbocycles. The molecule has 33 heavy (non-hydrogen) atoms. The van der Waals surface area contributed by atoms with Crippen molar-refractivity contribution in [3.05, 3.63) is 51.2 Å². The summed E-state index contributed by atoms with van der Waals surface area (Å²) < 4.78 is 19.3. The zero-order chi connectivity index (χ0) is 23.1. The second kappa shape index (κ2) is 8.83. The van der Waals surface area contributed by atoms with Crippen LogP contribution in [0.3, 0.4) is 0 Å². The SMILES string of the molecule is Cc1c2n(c(OC[C@@H]3COCCO3)cc1=O)CCc1cc(C3CN(C(=O)N(C)C)C3)ccc1-2. The normalized spacial score (nSPS) is 20.0. The number of amides is 2. The molecule has 5 rings (SSSR count). The summed E-state index contributed by atoms with van der Waals surface area (Å²) in [6.07, 6.45) is 0.747. The number of carbonyl (C=O) groups is 1. The molecule has 8 nitrogen and oxygen atoms in total. The molecule has 0 bridgehead atoms. The van der Waals surface area contributed by atoms with E-state index < -0.39 is 0 Å². The van der Waals surface area contributed by atoms with Gasteiger partial charge in [-0.05, 0) is 24.5 Å². The molecule has 3 aliphatic rings. The largest absolute Gasteiger partial charge is 0.476 e. The molecule has 3 aliphatic heterocycles. The first-order chi connectivity index (χ1) is 15.9. The van der Waals surface area contributed by atoms with E-state index in [0.29, 0.717) is 38.2 Å². The number of hydrogen-bond donors (Lipinski definition) is 0. The molecule has 1 aromatic carbocycles. The molecule has 1 atom stereocenters. The summed E-state index contributed by atoms with van der Waals surface area (Å²) in [7, 11) is 3.56. The molecule has 0 radical (unpaired) electrons. The van der Waals surface area contributed by atoms with E-state index in [1.165, 1.54) is 11.1 Å². The third kappa shape index (κ3) is 4.13. The van der Waals surface area contributed by atoms with Crippen LogP contribution < -0.4 is 10.2 Å².